The minimum absolute atomic E-state index is 0.0993. The minimum atomic E-state index is -0.647. The number of benzene rings is 3. The van der Waals surface area contributed by atoms with Crippen molar-refractivity contribution in [3.63, 3.8) is 0 Å². The van der Waals surface area contributed by atoms with Crippen LogP contribution in [-0.2, 0) is 4.74 Å². The van der Waals surface area contributed by atoms with Gasteiger partial charge in [0.25, 0.3) is 0 Å². The molecular weight excluding hydrogens is 334 g/mol. The maximum atomic E-state index is 12.2. The van der Waals surface area contributed by atoms with Gasteiger partial charge in [0.2, 0.25) is 5.75 Å². The van der Waals surface area contributed by atoms with Crippen LogP contribution in [0.3, 0.4) is 0 Å². The Morgan fingerprint density at radius 3 is 2.42 bits per heavy atom. The second-order valence-electron chi connectivity index (χ2n) is 5.94. The third-order valence-corrected chi connectivity index (χ3v) is 4.50. The first-order chi connectivity index (χ1) is 12.6. The summed E-state index contributed by atoms with van der Waals surface area (Å²) in [5.41, 5.74) is 2.18. The van der Waals surface area contributed by atoms with Gasteiger partial charge in [-0.3, -0.25) is 5.32 Å². The highest BCUT2D eigenvalue weighted by atomic mass is 16.6. The third-order valence-electron chi connectivity index (χ3n) is 4.50. The van der Waals surface area contributed by atoms with Crippen molar-refractivity contribution in [3.05, 3.63) is 59.7 Å². The largest absolute Gasteiger partial charge is 0.502 e. The van der Waals surface area contributed by atoms with Crippen molar-refractivity contribution in [3.8, 4) is 17.2 Å². The van der Waals surface area contributed by atoms with Gasteiger partial charge in [0.1, 0.15) is 0 Å². The number of amides is 1. The van der Waals surface area contributed by atoms with E-state index >= 15 is 0 Å². The molecule has 132 valence electrons. The summed E-state index contributed by atoms with van der Waals surface area (Å²) in [6.07, 6.45) is -1.18. The smallest absolute Gasteiger partial charge is 0.412 e. The number of rotatable bonds is 3. The third kappa shape index (κ3) is 2.47. The molecule has 3 aromatic rings. The summed E-state index contributed by atoms with van der Waals surface area (Å²) < 4.78 is 16.0. The van der Waals surface area contributed by atoms with Gasteiger partial charge in [-0.25, -0.2) is 4.79 Å². The SMILES string of the molecule is COc1cc(C2OC(=O)Nc3c2ccc2ccccc32)cc(OC)c1O. The number of phenols is 1. The van der Waals surface area contributed by atoms with Crippen LogP contribution < -0.4 is 14.8 Å². The lowest BCUT2D eigenvalue weighted by molar-refractivity contribution is 0.126. The lowest BCUT2D eigenvalue weighted by Crippen LogP contribution is -2.25. The molecule has 6 heteroatoms. The van der Waals surface area contributed by atoms with Gasteiger partial charge in [-0.2, -0.15) is 0 Å². The molecule has 0 aliphatic carbocycles. The van der Waals surface area contributed by atoms with Gasteiger partial charge in [0.15, 0.2) is 17.6 Å². The predicted molar refractivity (Wildman–Crippen MR) is 97.1 cm³/mol. The molecule has 0 aromatic heterocycles. The first-order valence-corrected chi connectivity index (χ1v) is 8.06. The van der Waals surface area contributed by atoms with Gasteiger partial charge in [-0.15, -0.1) is 0 Å². The number of cyclic esters (lactones) is 1. The topological polar surface area (TPSA) is 77.0 Å². The molecule has 1 atom stereocenters. The van der Waals surface area contributed by atoms with Gasteiger partial charge < -0.3 is 19.3 Å². The van der Waals surface area contributed by atoms with Crippen LogP contribution in [0.25, 0.3) is 10.8 Å². The predicted octanol–water partition coefficient (Wildman–Crippen LogP) is 4.21. The second-order valence-corrected chi connectivity index (χ2v) is 5.94. The maximum Gasteiger partial charge on any atom is 0.412 e. The zero-order chi connectivity index (χ0) is 18.3. The first-order valence-electron chi connectivity index (χ1n) is 8.06. The van der Waals surface area contributed by atoms with Crippen molar-refractivity contribution in [1.29, 1.82) is 0 Å². The zero-order valence-corrected chi connectivity index (χ0v) is 14.3. The van der Waals surface area contributed by atoms with E-state index in [4.69, 9.17) is 14.2 Å². The van der Waals surface area contributed by atoms with Crippen LogP contribution >= 0.6 is 0 Å². The van der Waals surface area contributed by atoms with E-state index in [0.29, 0.717) is 5.56 Å². The summed E-state index contributed by atoms with van der Waals surface area (Å²) in [4.78, 5) is 12.2. The molecule has 3 aromatic carbocycles. The average Bonchev–Trinajstić information content (AvgIpc) is 2.67. The molecule has 1 amide bonds. The molecule has 0 radical (unpaired) electrons. The van der Waals surface area contributed by atoms with Crippen molar-refractivity contribution >= 4 is 22.6 Å². The van der Waals surface area contributed by atoms with E-state index in [1.807, 2.05) is 36.4 Å². The molecule has 0 fully saturated rings. The molecule has 0 saturated carbocycles. The Bertz CT molecular complexity index is 989. The molecule has 1 heterocycles. The Labute approximate surface area is 149 Å². The minimum Gasteiger partial charge on any atom is -0.502 e. The number of aromatic hydroxyl groups is 1. The second kappa shape index (κ2) is 6.15. The molecule has 6 nitrogen and oxygen atoms in total. The number of anilines is 1. The molecule has 26 heavy (non-hydrogen) atoms. The highest BCUT2D eigenvalue weighted by Crippen LogP contribution is 2.44. The summed E-state index contributed by atoms with van der Waals surface area (Å²) in [6.45, 7) is 0. The molecule has 0 spiro atoms. The van der Waals surface area contributed by atoms with Crippen molar-refractivity contribution in [2.75, 3.05) is 19.5 Å². The molecular formula is C20H17NO5. The highest BCUT2D eigenvalue weighted by molar-refractivity contribution is 6.03. The normalized spacial score (nSPS) is 15.8. The van der Waals surface area contributed by atoms with Crippen LogP contribution in [0.2, 0.25) is 0 Å². The number of fused-ring (bicyclic) bond motifs is 3. The van der Waals surface area contributed by atoms with Crippen LogP contribution in [0.15, 0.2) is 48.5 Å². The Morgan fingerprint density at radius 1 is 1.04 bits per heavy atom. The Hall–Kier alpha value is -3.41. The van der Waals surface area contributed by atoms with Gasteiger partial charge in [0.05, 0.1) is 19.9 Å². The van der Waals surface area contributed by atoms with E-state index in [-0.39, 0.29) is 17.2 Å². The summed E-state index contributed by atoms with van der Waals surface area (Å²) in [5, 5.41) is 14.9. The Morgan fingerprint density at radius 2 is 1.73 bits per heavy atom. The fourth-order valence-electron chi connectivity index (χ4n) is 3.26. The molecule has 1 aliphatic rings. The summed E-state index contributed by atoms with van der Waals surface area (Å²) in [6, 6.07) is 15.0. The van der Waals surface area contributed by atoms with E-state index in [1.54, 1.807) is 12.1 Å². The molecule has 1 aliphatic heterocycles. The number of methoxy groups -OCH3 is 2. The molecule has 2 N–H and O–H groups in total. The zero-order valence-electron chi connectivity index (χ0n) is 14.3. The summed E-state index contributed by atoms with van der Waals surface area (Å²) in [7, 11) is 2.91. The van der Waals surface area contributed by atoms with Crippen LogP contribution in [-0.4, -0.2) is 25.4 Å². The number of ether oxygens (including phenoxy) is 3. The van der Waals surface area contributed by atoms with E-state index in [9.17, 15) is 9.90 Å². The van der Waals surface area contributed by atoms with Crippen LogP contribution in [0.4, 0.5) is 10.5 Å². The summed E-state index contributed by atoms with van der Waals surface area (Å²) in [5.74, 6) is 0.394. The summed E-state index contributed by atoms with van der Waals surface area (Å²) >= 11 is 0. The van der Waals surface area contributed by atoms with E-state index < -0.39 is 12.2 Å². The van der Waals surface area contributed by atoms with Crippen molar-refractivity contribution < 1.29 is 24.1 Å². The van der Waals surface area contributed by atoms with Crippen LogP contribution in [0.1, 0.15) is 17.2 Å². The van der Waals surface area contributed by atoms with Gasteiger partial charge in [-0.05, 0) is 17.5 Å². The number of nitrogens with one attached hydrogen (secondary N) is 1. The quantitative estimate of drug-likeness (QED) is 0.739. The monoisotopic (exact) mass is 351 g/mol. The number of phenolic OH excluding ortho intramolecular Hbond substituents is 1. The number of hydrogen-bond acceptors (Lipinski definition) is 5. The van der Waals surface area contributed by atoms with Crippen LogP contribution in [0.5, 0.6) is 17.2 Å². The number of carbonyl (C=O) groups excluding carboxylic acids is 1. The van der Waals surface area contributed by atoms with Crippen molar-refractivity contribution in [2.24, 2.45) is 0 Å². The molecule has 0 saturated heterocycles. The number of carbonyl (C=O) groups is 1. The van der Waals surface area contributed by atoms with E-state index in [2.05, 4.69) is 5.32 Å². The fourth-order valence-corrected chi connectivity index (χ4v) is 3.26. The standard InChI is InChI=1S/C20H17NO5/c1-24-15-9-12(10-16(25-2)18(15)22)19-14-8-7-11-5-3-4-6-13(11)17(14)21-20(23)26-19/h3-10,19,22H,1-2H3,(H,21,23). The lowest BCUT2D eigenvalue weighted by Gasteiger charge is -2.28. The van der Waals surface area contributed by atoms with E-state index in [0.717, 1.165) is 22.0 Å². The highest BCUT2D eigenvalue weighted by Gasteiger charge is 2.30. The van der Waals surface area contributed by atoms with Crippen LogP contribution in [0, 0.1) is 0 Å². The van der Waals surface area contributed by atoms with Gasteiger partial charge >= 0.3 is 6.09 Å². The average molecular weight is 351 g/mol. The fraction of sp³-hybridized carbons (Fsp3) is 0.150. The molecule has 4 rings (SSSR count). The van der Waals surface area contributed by atoms with Gasteiger partial charge in [0, 0.05) is 16.5 Å². The molecule has 1 unspecified atom stereocenters. The van der Waals surface area contributed by atoms with Crippen molar-refractivity contribution in [2.45, 2.75) is 6.10 Å². The lowest BCUT2D eigenvalue weighted by atomic mass is 9.94. The van der Waals surface area contributed by atoms with E-state index in [1.165, 1.54) is 14.2 Å². The van der Waals surface area contributed by atoms with Gasteiger partial charge in [-0.1, -0.05) is 36.4 Å². The number of hydrogen-bond donors (Lipinski definition) is 2. The Balaban J connectivity index is 1.92. The maximum absolute atomic E-state index is 12.2. The molecule has 0 bridgehead atoms. The van der Waals surface area contributed by atoms with Crippen molar-refractivity contribution in [1.82, 2.24) is 0 Å². The first kappa shape index (κ1) is 16.1. The Kier molecular flexibility index (Phi) is 3.80.